The van der Waals surface area contributed by atoms with Gasteiger partial charge < -0.3 is 15.1 Å². The summed E-state index contributed by atoms with van der Waals surface area (Å²) in [4.78, 5) is 31.5. The summed E-state index contributed by atoms with van der Waals surface area (Å²) in [5.41, 5.74) is 1.98. The maximum Gasteiger partial charge on any atom is 0.321 e. The number of anilines is 1. The Morgan fingerprint density at radius 2 is 1.58 bits per heavy atom. The number of hydrogen-bond acceptors (Lipinski definition) is 3. The first-order valence-electron chi connectivity index (χ1n) is 9.79. The first-order chi connectivity index (χ1) is 12.6. The molecule has 3 amide bonds. The van der Waals surface area contributed by atoms with Crippen molar-refractivity contribution in [2.24, 2.45) is 0 Å². The second kappa shape index (κ2) is 7.27. The number of benzene rings is 1. The van der Waals surface area contributed by atoms with E-state index in [1.807, 2.05) is 36.1 Å². The number of carbonyl (C=O) groups is 2. The first-order valence-corrected chi connectivity index (χ1v) is 9.79. The third kappa shape index (κ3) is 3.70. The van der Waals surface area contributed by atoms with Crippen molar-refractivity contribution >= 4 is 17.6 Å². The fourth-order valence-electron chi connectivity index (χ4n) is 4.08. The van der Waals surface area contributed by atoms with Crippen molar-refractivity contribution in [2.75, 3.05) is 38.0 Å². The number of hydrogen-bond donors (Lipinski definition) is 1. The van der Waals surface area contributed by atoms with Gasteiger partial charge in [0, 0.05) is 37.9 Å². The molecule has 140 valence electrons. The Labute approximate surface area is 155 Å². The van der Waals surface area contributed by atoms with Crippen molar-refractivity contribution in [1.29, 1.82) is 0 Å². The maximum atomic E-state index is 12.9. The normalized spacial score (nSPS) is 24.0. The van der Waals surface area contributed by atoms with Crippen LogP contribution in [0.5, 0.6) is 0 Å². The van der Waals surface area contributed by atoms with Crippen molar-refractivity contribution in [1.82, 2.24) is 14.7 Å². The first kappa shape index (κ1) is 17.3. The van der Waals surface area contributed by atoms with E-state index in [1.165, 1.54) is 18.4 Å². The van der Waals surface area contributed by atoms with Crippen LogP contribution in [-0.2, 0) is 4.79 Å². The molecule has 2 saturated heterocycles. The number of carbonyl (C=O) groups excluding carboxylic acids is 2. The van der Waals surface area contributed by atoms with E-state index in [0.717, 1.165) is 25.1 Å². The highest BCUT2D eigenvalue weighted by molar-refractivity contribution is 5.89. The molecule has 4 rings (SSSR count). The van der Waals surface area contributed by atoms with Crippen molar-refractivity contribution in [2.45, 2.75) is 44.7 Å². The molecule has 0 radical (unpaired) electrons. The van der Waals surface area contributed by atoms with Crippen molar-refractivity contribution in [3.05, 3.63) is 29.8 Å². The van der Waals surface area contributed by atoms with E-state index >= 15 is 0 Å². The summed E-state index contributed by atoms with van der Waals surface area (Å²) in [5.74, 6) is 0.271. The summed E-state index contributed by atoms with van der Waals surface area (Å²) in [6.07, 6.45) is 4.61. The quantitative estimate of drug-likeness (QED) is 0.904. The van der Waals surface area contributed by atoms with Crippen LogP contribution in [0.25, 0.3) is 0 Å². The van der Waals surface area contributed by atoms with Crippen LogP contribution >= 0.6 is 0 Å². The molecule has 1 aliphatic carbocycles. The molecule has 1 aromatic rings. The molecule has 1 atom stereocenters. The largest absolute Gasteiger partial charge is 0.338 e. The molecule has 1 unspecified atom stereocenters. The number of piperazine rings is 1. The van der Waals surface area contributed by atoms with Gasteiger partial charge in [0.2, 0.25) is 5.91 Å². The van der Waals surface area contributed by atoms with Gasteiger partial charge in [0.05, 0.1) is 6.04 Å². The van der Waals surface area contributed by atoms with Gasteiger partial charge in [0.25, 0.3) is 0 Å². The van der Waals surface area contributed by atoms with Gasteiger partial charge in [0.15, 0.2) is 0 Å². The standard InChI is InChI=1S/C20H28N4O2/c1-15-4-6-16(7-5-15)21-20(26)23-13-11-22(12-14-23)19(25)18-3-2-10-24(18)17-8-9-17/h4-7,17-18H,2-3,8-14H2,1H3,(H,21,26). The average molecular weight is 356 g/mol. The molecular formula is C20H28N4O2. The number of urea groups is 1. The molecule has 1 aromatic carbocycles. The van der Waals surface area contributed by atoms with Crippen molar-refractivity contribution in [3.8, 4) is 0 Å². The Bertz CT molecular complexity index is 663. The van der Waals surface area contributed by atoms with Crippen molar-refractivity contribution in [3.63, 3.8) is 0 Å². The number of rotatable bonds is 3. The predicted molar refractivity (Wildman–Crippen MR) is 101 cm³/mol. The monoisotopic (exact) mass is 356 g/mol. The zero-order valence-electron chi connectivity index (χ0n) is 15.5. The zero-order valence-corrected chi connectivity index (χ0v) is 15.5. The van der Waals surface area contributed by atoms with Gasteiger partial charge in [-0.3, -0.25) is 9.69 Å². The number of likely N-dealkylation sites (tertiary alicyclic amines) is 1. The van der Waals surface area contributed by atoms with Gasteiger partial charge in [-0.1, -0.05) is 17.7 Å². The van der Waals surface area contributed by atoms with Gasteiger partial charge in [-0.15, -0.1) is 0 Å². The molecule has 1 N–H and O–H groups in total. The molecule has 0 bridgehead atoms. The van der Waals surface area contributed by atoms with Crippen LogP contribution < -0.4 is 5.32 Å². The van der Waals surface area contributed by atoms with E-state index < -0.39 is 0 Å². The second-order valence-corrected chi connectivity index (χ2v) is 7.74. The molecular weight excluding hydrogens is 328 g/mol. The van der Waals surface area contributed by atoms with E-state index in [4.69, 9.17) is 0 Å². The number of aryl methyl sites for hydroxylation is 1. The van der Waals surface area contributed by atoms with Crippen LogP contribution in [0.2, 0.25) is 0 Å². The minimum Gasteiger partial charge on any atom is -0.338 e. The molecule has 0 spiro atoms. The Kier molecular flexibility index (Phi) is 4.85. The van der Waals surface area contributed by atoms with E-state index in [0.29, 0.717) is 32.2 Å². The Morgan fingerprint density at radius 3 is 2.23 bits per heavy atom. The zero-order chi connectivity index (χ0) is 18.1. The molecule has 3 fully saturated rings. The third-order valence-electron chi connectivity index (χ3n) is 5.78. The summed E-state index contributed by atoms with van der Waals surface area (Å²) >= 11 is 0. The summed E-state index contributed by atoms with van der Waals surface area (Å²) in [5, 5.41) is 2.94. The highest BCUT2D eigenvalue weighted by Gasteiger charge is 2.41. The highest BCUT2D eigenvalue weighted by Crippen LogP contribution is 2.34. The molecule has 6 nitrogen and oxygen atoms in total. The summed E-state index contributed by atoms with van der Waals surface area (Å²) in [7, 11) is 0. The summed E-state index contributed by atoms with van der Waals surface area (Å²) in [6, 6.07) is 8.45. The van der Waals surface area contributed by atoms with Crippen LogP contribution in [0, 0.1) is 6.92 Å². The molecule has 6 heteroatoms. The predicted octanol–water partition coefficient (Wildman–Crippen LogP) is 2.30. The topological polar surface area (TPSA) is 55.9 Å². The lowest BCUT2D eigenvalue weighted by molar-refractivity contribution is -0.137. The van der Waals surface area contributed by atoms with Crippen molar-refractivity contribution < 1.29 is 9.59 Å². The molecule has 26 heavy (non-hydrogen) atoms. The Balaban J connectivity index is 1.28. The van der Waals surface area contributed by atoms with Gasteiger partial charge in [-0.05, 0) is 51.3 Å². The number of nitrogens with zero attached hydrogens (tertiary/aromatic N) is 3. The van der Waals surface area contributed by atoms with E-state index in [1.54, 1.807) is 4.90 Å². The second-order valence-electron chi connectivity index (χ2n) is 7.74. The summed E-state index contributed by atoms with van der Waals surface area (Å²) < 4.78 is 0. The number of nitrogens with one attached hydrogen (secondary N) is 1. The lowest BCUT2D eigenvalue weighted by Crippen LogP contribution is -2.55. The van der Waals surface area contributed by atoms with Gasteiger partial charge >= 0.3 is 6.03 Å². The SMILES string of the molecule is Cc1ccc(NC(=O)N2CCN(C(=O)C3CCCN3C3CC3)CC2)cc1. The smallest absolute Gasteiger partial charge is 0.321 e. The highest BCUT2D eigenvalue weighted by atomic mass is 16.2. The molecule has 3 aliphatic rings. The Hall–Kier alpha value is -2.08. The third-order valence-corrected chi connectivity index (χ3v) is 5.78. The average Bonchev–Trinajstić information content (AvgIpc) is 3.39. The molecule has 1 saturated carbocycles. The molecule has 2 heterocycles. The number of amides is 3. The van der Waals surface area contributed by atoms with Gasteiger partial charge in [0.1, 0.15) is 0 Å². The molecule has 0 aromatic heterocycles. The lowest BCUT2D eigenvalue weighted by Gasteiger charge is -2.37. The Morgan fingerprint density at radius 1 is 0.923 bits per heavy atom. The van der Waals surface area contributed by atoms with Crippen LogP contribution in [0.3, 0.4) is 0 Å². The van der Waals surface area contributed by atoms with Crippen LogP contribution in [0.4, 0.5) is 10.5 Å². The minimum atomic E-state index is -0.0820. The fourth-order valence-corrected chi connectivity index (χ4v) is 4.08. The minimum absolute atomic E-state index is 0.0791. The lowest BCUT2D eigenvalue weighted by atomic mass is 10.1. The fraction of sp³-hybridized carbons (Fsp3) is 0.600. The summed E-state index contributed by atoms with van der Waals surface area (Å²) in [6.45, 7) is 5.56. The van der Waals surface area contributed by atoms with Gasteiger partial charge in [-0.25, -0.2) is 4.79 Å². The van der Waals surface area contributed by atoms with Crippen LogP contribution in [0.1, 0.15) is 31.2 Å². The van der Waals surface area contributed by atoms with E-state index in [-0.39, 0.29) is 18.0 Å². The van der Waals surface area contributed by atoms with E-state index in [9.17, 15) is 9.59 Å². The molecule has 2 aliphatic heterocycles. The van der Waals surface area contributed by atoms with Crippen LogP contribution in [-0.4, -0.2) is 71.4 Å². The van der Waals surface area contributed by atoms with Gasteiger partial charge in [-0.2, -0.15) is 0 Å². The van der Waals surface area contributed by atoms with E-state index in [2.05, 4.69) is 10.2 Å². The van der Waals surface area contributed by atoms with Crippen LogP contribution in [0.15, 0.2) is 24.3 Å². The maximum absolute atomic E-state index is 12.9.